The van der Waals surface area contributed by atoms with Crippen molar-refractivity contribution < 1.29 is 9.47 Å². The first-order valence-electron chi connectivity index (χ1n) is 4.79. The lowest BCUT2D eigenvalue weighted by Crippen LogP contribution is -2.06. The highest BCUT2D eigenvalue weighted by Crippen LogP contribution is 2.29. The molecule has 0 aromatic heterocycles. The third-order valence-corrected chi connectivity index (χ3v) is 2.07. The topological polar surface area (TPSA) is 18.5 Å². The normalized spacial score (nSPS) is 11.0. The van der Waals surface area contributed by atoms with Crippen LogP contribution < -0.4 is 9.47 Å². The van der Waals surface area contributed by atoms with Crippen molar-refractivity contribution in [2.45, 2.75) is 20.0 Å². The summed E-state index contributed by atoms with van der Waals surface area (Å²) in [6.45, 7) is 3.98. The molecule has 0 aliphatic rings. The van der Waals surface area contributed by atoms with E-state index in [1.165, 1.54) is 0 Å². The highest BCUT2D eigenvalue weighted by molar-refractivity contribution is 9.11. The van der Waals surface area contributed by atoms with Gasteiger partial charge in [-0.15, -0.1) is 0 Å². The average Bonchev–Trinajstić information content (AvgIpc) is 2.20. The summed E-state index contributed by atoms with van der Waals surface area (Å²) < 4.78 is 10.9. The lowest BCUT2D eigenvalue weighted by atomic mass is 10.2. The van der Waals surface area contributed by atoms with E-state index < -0.39 is 0 Å². The van der Waals surface area contributed by atoms with Crippen LogP contribution in [0.15, 0.2) is 23.2 Å². The predicted octanol–water partition coefficient (Wildman–Crippen LogP) is 3.85. The molecule has 82 valence electrons. The summed E-state index contributed by atoms with van der Waals surface area (Å²) in [7, 11) is 1.64. The molecule has 15 heavy (non-hydrogen) atoms. The maximum Gasteiger partial charge on any atom is 0.161 e. The first kappa shape index (κ1) is 12.1. The number of rotatable bonds is 4. The van der Waals surface area contributed by atoms with Crippen molar-refractivity contribution in [3.63, 3.8) is 0 Å². The standard InChI is InChI=1S/C12H15BrO2/c1-9(2)15-11-5-4-10(6-7-13)8-12(11)14-3/h4-9H,1-3H3/b7-6+. The van der Waals surface area contributed by atoms with Crippen LogP contribution in [0.4, 0.5) is 0 Å². The summed E-state index contributed by atoms with van der Waals surface area (Å²) in [5.41, 5.74) is 1.07. The number of halogens is 1. The Labute approximate surface area is 99.0 Å². The molecule has 0 saturated heterocycles. The Morgan fingerprint density at radius 1 is 1.27 bits per heavy atom. The third-order valence-electron chi connectivity index (χ3n) is 1.81. The molecule has 1 rings (SSSR count). The third kappa shape index (κ3) is 3.59. The molecule has 0 aliphatic heterocycles. The second kappa shape index (κ2) is 5.81. The van der Waals surface area contributed by atoms with E-state index in [1.807, 2.05) is 43.1 Å². The zero-order chi connectivity index (χ0) is 11.3. The highest BCUT2D eigenvalue weighted by Gasteiger charge is 2.05. The minimum atomic E-state index is 0.150. The quantitative estimate of drug-likeness (QED) is 0.828. The van der Waals surface area contributed by atoms with Crippen LogP contribution in [0.25, 0.3) is 6.08 Å². The van der Waals surface area contributed by atoms with E-state index in [0.29, 0.717) is 0 Å². The van der Waals surface area contributed by atoms with Crippen LogP contribution in [0.1, 0.15) is 19.4 Å². The molecule has 0 saturated carbocycles. The molecule has 1 aromatic carbocycles. The van der Waals surface area contributed by atoms with E-state index in [-0.39, 0.29) is 6.10 Å². The van der Waals surface area contributed by atoms with E-state index in [4.69, 9.17) is 9.47 Å². The molecule has 0 fully saturated rings. The van der Waals surface area contributed by atoms with Gasteiger partial charge in [0.25, 0.3) is 0 Å². The maximum atomic E-state index is 5.61. The Kier molecular flexibility index (Phi) is 4.69. The monoisotopic (exact) mass is 270 g/mol. The van der Waals surface area contributed by atoms with Crippen molar-refractivity contribution >= 4 is 22.0 Å². The van der Waals surface area contributed by atoms with Crippen molar-refractivity contribution in [1.82, 2.24) is 0 Å². The summed E-state index contributed by atoms with van der Waals surface area (Å²) in [5, 5.41) is 0. The van der Waals surface area contributed by atoms with E-state index in [9.17, 15) is 0 Å². The van der Waals surface area contributed by atoms with Gasteiger partial charge in [-0.05, 0) is 42.6 Å². The van der Waals surface area contributed by atoms with Gasteiger partial charge in [0, 0.05) is 0 Å². The van der Waals surface area contributed by atoms with Gasteiger partial charge < -0.3 is 9.47 Å². The van der Waals surface area contributed by atoms with Crippen LogP contribution in [0, 0.1) is 0 Å². The van der Waals surface area contributed by atoms with Crippen LogP contribution in [-0.4, -0.2) is 13.2 Å². The predicted molar refractivity (Wildman–Crippen MR) is 66.7 cm³/mol. The van der Waals surface area contributed by atoms with Crippen LogP contribution in [0.5, 0.6) is 11.5 Å². The molecule has 2 nitrogen and oxygen atoms in total. The molecule has 0 N–H and O–H groups in total. The van der Waals surface area contributed by atoms with Gasteiger partial charge in [-0.1, -0.05) is 22.0 Å². The van der Waals surface area contributed by atoms with Crippen molar-refractivity contribution in [2.75, 3.05) is 7.11 Å². The number of methoxy groups -OCH3 is 1. The summed E-state index contributed by atoms with van der Waals surface area (Å²) in [6.07, 6.45) is 2.10. The number of ether oxygens (including phenoxy) is 2. The second-order valence-electron chi connectivity index (χ2n) is 3.37. The van der Waals surface area contributed by atoms with Crippen molar-refractivity contribution in [1.29, 1.82) is 0 Å². The smallest absolute Gasteiger partial charge is 0.161 e. The molecule has 0 amide bonds. The fourth-order valence-corrected chi connectivity index (χ4v) is 1.52. The van der Waals surface area contributed by atoms with E-state index >= 15 is 0 Å². The first-order valence-corrected chi connectivity index (χ1v) is 5.70. The minimum Gasteiger partial charge on any atom is -0.493 e. The fraction of sp³-hybridized carbons (Fsp3) is 0.333. The SMILES string of the molecule is COc1cc(/C=C/Br)ccc1OC(C)C. The van der Waals surface area contributed by atoms with Crippen LogP contribution >= 0.6 is 15.9 Å². The summed E-state index contributed by atoms with van der Waals surface area (Å²) in [4.78, 5) is 1.81. The van der Waals surface area contributed by atoms with E-state index in [2.05, 4.69) is 15.9 Å². The van der Waals surface area contributed by atoms with Gasteiger partial charge in [-0.3, -0.25) is 0 Å². The van der Waals surface area contributed by atoms with Gasteiger partial charge in [0.05, 0.1) is 13.2 Å². The van der Waals surface area contributed by atoms with Crippen LogP contribution in [0.3, 0.4) is 0 Å². The largest absolute Gasteiger partial charge is 0.493 e. The average molecular weight is 271 g/mol. The molecule has 0 bridgehead atoms. The highest BCUT2D eigenvalue weighted by atomic mass is 79.9. The van der Waals surface area contributed by atoms with Crippen molar-refractivity contribution in [3.05, 3.63) is 28.7 Å². The van der Waals surface area contributed by atoms with E-state index in [0.717, 1.165) is 17.1 Å². The molecular formula is C12H15BrO2. The second-order valence-corrected chi connectivity index (χ2v) is 3.90. The molecule has 1 aromatic rings. The lowest BCUT2D eigenvalue weighted by molar-refractivity contribution is 0.230. The van der Waals surface area contributed by atoms with Crippen LogP contribution in [-0.2, 0) is 0 Å². The Hall–Kier alpha value is -0.960. The molecular weight excluding hydrogens is 256 g/mol. The van der Waals surface area contributed by atoms with Gasteiger partial charge >= 0.3 is 0 Å². The lowest BCUT2D eigenvalue weighted by Gasteiger charge is -2.13. The molecule has 0 aliphatic carbocycles. The van der Waals surface area contributed by atoms with Crippen LogP contribution in [0.2, 0.25) is 0 Å². The Balaban J connectivity index is 2.98. The summed E-state index contributed by atoms with van der Waals surface area (Å²) >= 11 is 3.24. The number of hydrogen-bond acceptors (Lipinski definition) is 2. The van der Waals surface area contributed by atoms with Gasteiger partial charge in [0.15, 0.2) is 11.5 Å². The van der Waals surface area contributed by atoms with Gasteiger partial charge in [0.2, 0.25) is 0 Å². The summed E-state index contributed by atoms with van der Waals surface area (Å²) in [5.74, 6) is 1.53. The van der Waals surface area contributed by atoms with E-state index in [1.54, 1.807) is 7.11 Å². The Morgan fingerprint density at radius 3 is 2.53 bits per heavy atom. The maximum absolute atomic E-state index is 5.61. The molecule has 0 atom stereocenters. The van der Waals surface area contributed by atoms with Crippen molar-refractivity contribution in [3.8, 4) is 11.5 Å². The Morgan fingerprint density at radius 2 is 2.00 bits per heavy atom. The zero-order valence-corrected chi connectivity index (χ0v) is 10.7. The number of hydrogen-bond donors (Lipinski definition) is 0. The Bertz CT molecular complexity index is 345. The molecule has 0 unspecified atom stereocenters. The number of benzene rings is 1. The van der Waals surface area contributed by atoms with Gasteiger partial charge in [0.1, 0.15) is 0 Å². The minimum absolute atomic E-state index is 0.150. The van der Waals surface area contributed by atoms with Crippen molar-refractivity contribution in [2.24, 2.45) is 0 Å². The fourth-order valence-electron chi connectivity index (χ4n) is 1.21. The summed E-state index contributed by atoms with van der Waals surface area (Å²) in [6, 6.07) is 5.84. The molecule has 0 heterocycles. The molecule has 0 spiro atoms. The van der Waals surface area contributed by atoms with Gasteiger partial charge in [-0.2, -0.15) is 0 Å². The first-order chi connectivity index (χ1) is 7.17. The molecule has 3 heteroatoms. The van der Waals surface area contributed by atoms with Gasteiger partial charge in [-0.25, -0.2) is 0 Å². The molecule has 0 radical (unpaired) electrons. The zero-order valence-electron chi connectivity index (χ0n) is 9.16.